The quantitative estimate of drug-likeness (QED) is 0.569. The summed E-state index contributed by atoms with van der Waals surface area (Å²) in [5.74, 6) is -2.27. The van der Waals surface area contributed by atoms with E-state index in [9.17, 15) is 14.4 Å². The maximum absolute atomic E-state index is 12.9. The zero-order valence-electron chi connectivity index (χ0n) is 17.6. The van der Waals surface area contributed by atoms with Gasteiger partial charge in [-0.2, -0.15) is 0 Å². The molecule has 4 amide bonds. The van der Waals surface area contributed by atoms with Gasteiger partial charge in [0.15, 0.2) is 5.92 Å². The summed E-state index contributed by atoms with van der Waals surface area (Å²) in [6.07, 6.45) is 3.24. The third-order valence-corrected chi connectivity index (χ3v) is 5.90. The molecule has 2 aliphatic heterocycles. The van der Waals surface area contributed by atoms with Crippen LogP contribution in [-0.2, 0) is 16.1 Å². The highest BCUT2D eigenvalue weighted by molar-refractivity contribution is 6.32. The molecule has 2 N–H and O–H groups in total. The molecule has 160 valence electrons. The lowest BCUT2D eigenvalue weighted by Gasteiger charge is -2.29. The lowest BCUT2D eigenvalue weighted by molar-refractivity contribution is -0.918. The Hall–Kier alpha value is -3.32. The Labute approximate surface area is 181 Å². The Bertz CT molecular complexity index is 980. The molecule has 0 saturated carbocycles. The van der Waals surface area contributed by atoms with Crippen LogP contribution in [0.15, 0.2) is 59.6 Å². The van der Waals surface area contributed by atoms with E-state index in [0.29, 0.717) is 5.69 Å². The number of nitrogens with zero attached hydrogens (tertiary/aromatic N) is 2. The second-order valence-corrected chi connectivity index (χ2v) is 8.22. The molecular weight excluding hydrogens is 392 g/mol. The number of hydrogen-bond acceptors (Lipinski definition) is 4. The number of nitrogens with one attached hydrogen (secondary N) is 2. The number of benzene rings is 2. The van der Waals surface area contributed by atoms with E-state index in [2.05, 4.69) is 34.6 Å². The average molecular weight is 420 g/mol. The standard InChI is InChI=1S/C24H26N4O3/c1-17-7-9-20(10-8-17)28-23(30)21(22(29)26-24(28)31)15-25-19-11-13-27(14-12-19)16-18-5-3-2-4-6-18/h2-10,15,19,21H,11-14,16H2,1H3,(H,26,29,31)/p+1/t21-/m0/s1. The van der Waals surface area contributed by atoms with Crippen LogP contribution in [0, 0.1) is 12.8 Å². The van der Waals surface area contributed by atoms with E-state index < -0.39 is 23.8 Å². The predicted molar refractivity (Wildman–Crippen MR) is 118 cm³/mol. The largest absolute Gasteiger partial charge is 0.335 e. The number of piperidine rings is 1. The number of carbonyl (C=O) groups excluding carboxylic acids is 3. The molecule has 0 aromatic heterocycles. The van der Waals surface area contributed by atoms with Crippen molar-refractivity contribution in [1.82, 2.24) is 5.32 Å². The number of barbiturate groups is 1. The monoisotopic (exact) mass is 419 g/mol. The van der Waals surface area contributed by atoms with E-state index in [-0.39, 0.29) is 6.04 Å². The molecule has 1 atom stereocenters. The summed E-state index contributed by atoms with van der Waals surface area (Å²) in [5.41, 5.74) is 2.78. The van der Waals surface area contributed by atoms with E-state index in [1.54, 1.807) is 12.1 Å². The van der Waals surface area contributed by atoms with Gasteiger partial charge in [0.05, 0.1) is 24.8 Å². The van der Waals surface area contributed by atoms with Crippen molar-refractivity contribution in [2.45, 2.75) is 32.4 Å². The van der Waals surface area contributed by atoms with Gasteiger partial charge in [0, 0.05) is 24.6 Å². The number of aliphatic imine (C=N–C) groups is 1. The van der Waals surface area contributed by atoms with Crippen molar-refractivity contribution in [3.63, 3.8) is 0 Å². The first-order valence-corrected chi connectivity index (χ1v) is 10.7. The molecule has 0 bridgehead atoms. The van der Waals surface area contributed by atoms with Crippen molar-refractivity contribution in [2.24, 2.45) is 10.9 Å². The number of hydrogen-bond donors (Lipinski definition) is 2. The Morgan fingerprint density at radius 2 is 1.71 bits per heavy atom. The number of aryl methyl sites for hydroxylation is 1. The van der Waals surface area contributed by atoms with Gasteiger partial charge < -0.3 is 4.90 Å². The van der Waals surface area contributed by atoms with Crippen molar-refractivity contribution < 1.29 is 19.3 Å². The van der Waals surface area contributed by atoms with Crippen LogP contribution in [0.3, 0.4) is 0 Å². The second kappa shape index (κ2) is 9.22. The van der Waals surface area contributed by atoms with E-state index in [1.165, 1.54) is 16.7 Å². The molecule has 2 saturated heterocycles. The number of likely N-dealkylation sites (tertiary alicyclic amines) is 1. The molecule has 2 aliphatic rings. The minimum atomic E-state index is -1.09. The number of quaternary nitrogens is 1. The van der Waals surface area contributed by atoms with Crippen molar-refractivity contribution >= 4 is 29.7 Å². The molecule has 31 heavy (non-hydrogen) atoms. The Kier molecular flexibility index (Phi) is 6.23. The van der Waals surface area contributed by atoms with Crippen LogP contribution in [0.4, 0.5) is 10.5 Å². The molecule has 2 fully saturated rings. The van der Waals surface area contributed by atoms with Crippen molar-refractivity contribution in [1.29, 1.82) is 0 Å². The maximum Gasteiger partial charge on any atom is 0.335 e. The van der Waals surface area contributed by atoms with Gasteiger partial charge in [-0.1, -0.05) is 48.0 Å². The first-order valence-electron chi connectivity index (χ1n) is 10.7. The van der Waals surface area contributed by atoms with Crippen molar-refractivity contribution in [2.75, 3.05) is 18.0 Å². The molecule has 0 aliphatic carbocycles. The zero-order chi connectivity index (χ0) is 21.8. The molecule has 2 aromatic rings. The van der Waals surface area contributed by atoms with Gasteiger partial charge >= 0.3 is 6.03 Å². The van der Waals surface area contributed by atoms with Gasteiger partial charge in [-0.25, -0.2) is 9.69 Å². The van der Waals surface area contributed by atoms with Gasteiger partial charge in [-0.15, -0.1) is 0 Å². The van der Waals surface area contributed by atoms with Gasteiger partial charge in [0.2, 0.25) is 5.91 Å². The second-order valence-electron chi connectivity index (χ2n) is 8.22. The van der Waals surface area contributed by atoms with Crippen LogP contribution in [0.5, 0.6) is 0 Å². The minimum Gasteiger partial charge on any atom is -0.331 e. The smallest absolute Gasteiger partial charge is 0.331 e. The lowest BCUT2D eigenvalue weighted by Crippen LogP contribution is -3.12. The molecule has 2 aromatic carbocycles. The number of urea groups is 1. The highest BCUT2D eigenvalue weighted by Gasteiger charge is 2.40. The molecule has 0 unspecified atom stereocenters. The van der Waals surface area contributed by atoms with Crippen LogP contribution >= 0.6 is 0 Å². The first-order chi connectivity index (χ1) is 15.0. The summed E-state index contributed by atoms with van der Waals surface area (Å²) >= 11 is 0. The summed E-state index contributed by atoms with van der Waals surface area (Å²) in [6, 6.07) is 16.8. The van der Waals surface area contributed by atoms with Gasteiger partial charge in [0.1, 0.15) is 6.54 Å². The van der Waals surface area contributed by atoms with Crippen LogP contribution in [0.2, 0.25) is 0 Å². The highest BCUT2D eigenvalue weighted by Crippen LogP contribution is 2.21. The van der Waals surface area contributed by atoms with E-state index in [1.807, 2.05) is 25.1 Å². The molecule has 2 heterocycles. The third kappa shape index (κ3) is 4.88. The van der Waals surface area contributed by atoms with Crippen LogP contribution in [0.25, 0.3) is 0 Å². The number of imide groups is 2. The summed E-state index contributed by atoms with van der Waals surface area (Å²) in [5, 5.41) is 2.28. The highest BCUT2D eigenvalue weighted by atomic mass is 16.2. The Morgan fingerprint density at radius 3 is 2.39 bits per heavy atom. The van der Waals surface area contributed by atoms with Gasteiger partial charge in [-0.05, 0) is 19.1 Å². The number of rotatable bonds is 5. The van der Waals surface area contributed by atoms with E-state index >= 15 is 0 Å². The summed E-state index contributed by atoms with van der Waals surface area (Å²) in [6.45, 7) is 4.91. The van der Waals surface area contributed by atoms with E-state index in [0.717, 1.165) is 42.9 Å². The number of carbonyl (C=O) groups is 3. The normalized spacial score (nSPS) is 24.5. The van der Waals surface area contributed by atoms with Gasteiger partial charge in [-0.3, -0.25) is 19.9 Å². The molecule has 4 rings (SSSR count). The molecule has 0 spiro atoms. The summed E-state index contributed by atoms with van der Waals surface area (Å²) < 4.78 is 0. The maximum atomic E-state index is 12.9. The third-order valence-electron chi connectivity index (χ3n) is 5.90. The topological polar surface area (TPSA) is 83.3 Å². The minimum absolute atomic E-state index is 0.0885. The predicted octanol–water partition coefficient (Wildman–Crippen LogP) is 1.51. The average Bonchev–Trinajstić information content (AvgIpc) is 2.76. The van der Waals surface area contributed by atoms with Crippen molar-refractivity contribution in [3.05, 3.63) is 65.7 Å². The number of anilines is 1. The number of amides is 4. The van der Waals surface area contributed by atoms with E-state index in [4.69, 9.17) is 0 Å². The molecular formula is C24H27N4O3+. The zero-order valence-corrected chi connectivity index (χ0v) is 17.6. The van der Waals surface area contributed by atoms with Crippen LogP contribution < -0.4 is 15.1 Å². The first kappa shape index (κ1) is 20.9. The summed E-state index contributed by atoms with van der Waals surface area (Å²) in [4.78, 5) is 44.6. The van der Waals surface area contributed by atoms with Crippen LogP contribution in [-0.4, -0.2) is 43.2 Å². The van der Waals surface area contributed by atoms with Gasteiger partial charge in [0.25, 0.3) is 5.91 Å². The molecule has 7 nitrogen and oxygen atoms in total. The fourth-order valence-electron chi connectivity index (χ4n) is 4.09. The summed E-state index contributed by atoms with van der Waals surface area (Å²) in [7, 11) is 0. The molecule has 0 radical (unpaired) electrons. The molecule has 7 heteroatoms. The fraction of sp³-hybridized carbons (Fsp3) is 0.333. The van der Waals surface area contributed by atoms with Crippen molar-refractivity contribution in [3.8, 4) is 0 Å². The SMILES string of the molecule is Cc1ccc(N2C(=O)NC(=O)[C@H](C=NC3CC[NH+](Cc4ccccc4)CC3)C2=O)cc1. The Morgan fingerprint density at radius 1 is 1.03 bits per heavy atom. The van der Waals surface area contributed by atoms with Crippen LogP contribution in [0.1, 0.15) is 24.0 Å². The fourth-order valence-corrected chi connectivity index (χ4v) is 4.09. The Balaban J connectivity index is 1.37. The lowest BCUT2D eigenvalue weighted by atomic mass is 10.0.